The molecule has 4 heteroatoms. The second kappa shape index (κ2) is 4.64. The Morgan fingerprint density at radius 3 is 2.71 bits per heavy atom. The minimum absolute atomic E-state index is 0.0135. The first-order valence-electron chi connectivity index (χ1n) is 4.43. The van der Waals surface area contributed by atoms with Crippen molar-refractivity contribution in [1.29, 1.82) is 0 Å². The summed E-state index contributed by atoms with van der Waals surface area (Å²) in [6.45, 7) is 1.93. The van der Waals surface area contributed by atoms with Gasteiger partial charge in [-0.05, 0) is 31.2 Å². The number of nitrogens with one attached hydrogen (secondary N) is 1. The normalized spacial score (nSPS) is 12.9. The standard InChI is InChI=1S/C10H15ClN2O/c1-6-3-7(10(5-14)13-2)8(11)4-9(6)12/h3-4,10,13-14H,5,12H2,1-2H3. The zero-order valence-corrected chi connectivity index (χ0v) is 9.10. The molecule has 1 aromatic carbocycles. The zero-order chi connectivity index (χ0) is 10.7. The molecule has 4 N–H and O–H groups in total. The fraction of sp³-hybridized carbons (Fsp3) is 0.400. The van der Waals surface area contributed by atoms with Gasteiger partial charge in [-0.2, -0.15) is 0 Å². The first kappa shape index (κ1) is 11.3. The number of hydrogen-bond acceptors (Lipinski definition) is 3. The topological polar surface area (TPSA) is 58.3 Å². The van der Waals surface area contributed by atoms with Crippen molar-refractivity contribution < 1.29 is 5.11 Å². The number of hydrogen-bond donors (Lipinski definition) is 3. The van der Waals surface area contributed by atoms with Crippen molar-refractivity contribution >= 4 is 17.3 Å². The number of benzene rings is 1. The van der Waals surface area contributed by atoms with Gasteiger partial charge in [0.05, 0.1) is 12.6 Å². The summed E-state index contributed by atoms with van der Waals surface area (Å²) in [5, 5.41) is 12.7. The predicted molar refractivity (Wildman–Crippen MR) is 59.5 cm³/mol. The molecule has 0 aliphatic carbocycles. The van der Waals surface area contributed by atoms with E-state index in [4.69, 9.17) is 22.4 Å². The van der Waals surface area contributed by atoms with E-state index in [9.17, 15) is 0 Å². The molecular formula is C10H15ClN2O. The van der Waals surface area contributed by atoms with E-state index in [1.165, 1.54) is 0 Å². The summed E-state index contributed by atoms with van der Waals surface area (Å²) < 4.78 is 0. The van der Waals surface area contributed by atoms with Crippen LogP contribution in [-0.2, 0) is 0 Å². The van der Waals surface area contributed by atoms with E-state index in [-0.39, 0.29) is 12.6 Å². The maximum atomic E-state index is 9.11. The first-order valence-corrected chi connectivity index (χ1v) is 4.81. The van der Waals surface area contributed by atoms with Gasteiger partial charge in [-0.25, -0.2) is 0 Å². The van der Waals surface area contributed by atoms with Crippen LogP contribution in [0.5, 0.6) is 0 Å². The maximum absolute atomic E-state index is 9.11. The van der Waals surface area contributed by atoms with Gasteiger partial charge in [-0.1, -0.05) is 17.7 Å². The number of aliphatic hydroxyl groups excluding tert-OH is 1. The highest BCUT2D eigenvalue weighted by Crippen LogP contribution is 2.27. The van der Waals surface area contributed by atoms with E-state index in [0.717, 1.165) is 11.1 Å². The third-order valence-corrected chi connectivity index (χ3v) is 2.62. The molecule has 1 unspecified atom stereocenters. The van der Waals surface area contributed by atoms with Gasteiger partial charge in [0.25, 0.3) is 0 Å². The summed E-state index contributed by atoms with van der Waals surface area (Å²) in [5.41, 5.74) is 8.23. The molecule has 1 atom stereocenters. The second-order valence-electron chi connectivity index (χ2n) is 3.25. The average molecular weight is 215 g/mol. The number of aliphatic hydroxyl groups is 1. The van der Waals surface area contributed by atoms with Crippen molar-refractivity contribution in [1.82, 2.24) is 5.32 Å². The van der Waals surface area contributed by atoms with Crippen molar-refractivity contribution in [2.45, 2.75) is 13.0 Å². The number of rotatable bonds is 3. The zero-order valence-electron chi connectivity index (χ0n) is 8.34. The highest BCUT2D eigenvalue weighted by atomic mass is 35.5. The predicted octanol–water partition coefficient (Wildman–Crippen LogP) is 1.48. The van der Waals surface area contributed by atoms with E-state index >= 15 is 0 Å². The van der Waals surface area contributed by atoms with Gasteiger partial charge in [-0.15, -0.1) is 0 Å². The molecule has 0 amide bonds. The molecule has 0 spiro atoms. The van der Waals surface area contributed by atoms with E-state index < -0.39 is 0 Å². The third-order valence-electron chi connectivity index (χ3n) is 2.29. The lowest BCUT2D eigenvalue weighted by Gasteiger charge is -2.16. The van der Waals surface area contributed by atoms with E-state index in [1.54, 1.807) is 13.1 Å². The Kier molecular flexibility index (Phi) is 3.75. The second-order valence-corrected chi connectivity index (χ2v) is 3.66. The van der Waals surface area contributed by atoms with Crippen LogP contribution in [-0.4, -0.2) is 18.8 Å². The molecule has 0 saturated carbocycles. The van der Waals surface area contributed by atoms with Crippen molar-refractivity contribution in [3.63, 3.8) is 0 Å². The lowest BCUT2D eigenvalue weighted by Crippen LogP contribution is -2.20. The van der Waals surface area contributed by atoms with Crippen LogP contribution in [0.2, 0.25) is 5.02 Å². The van der Waals surface area contributed by atoms with Gasteiger partial charge in [0.15, 0.2) is 0 Å². The number of nitrogens with two attached hydrogens (primary N) is 1. The number of likely N-dealkylation sites (N-methyl/N-ethyl adjacent to an activating group) is 1. The Labute approximate surface area is 88.9 Å². The van der Waals surface area contributed by atoms with Crippen molar-refractivity contribution in [2.24, 2.45) is 0 Å². The molecule has 3 nitrogen and oxygen atoms in total. The van der Waals surface area contributed by atoms with Crippen LogP contribution in [0.15, 0.2) is 12.1 Å². The van der Waals surface area contributed by atoms with E-state index in [2.05, 4.69) is 5.32 Å². The Morgan fingerprint density at radius 1 is 1.57 bits per heavy atom. The first-order chi connectivity index (χ1) is 6.60. The Morgan fingerprint density at radius 2 is 2.21 bits per heavy atom. The summed E-state index contributed by atoms with van der Waals surface area (Å²) in [5.74, 6) is 0. The molecule has 78 valence electrons. The van der Waals surface area contributed by atoms with Crippen molar-refractivity contribution in [3.8, 4) is 0 Å². The van der Waals surface area contributed by atoms with Crippen LogP contribution in [0.25, 0.3) is 0 Å². The Balaban J connectivity index is 3.14. The molecule has 0 aliphatic heterocycles. The molecule has 0 fully saturated rings. The van der Waals surface area contributed by atoms with Crippen molar-refractivity contribution in [3.05, 3.63) is 28.3 Å². The van der Waals surface area contributed by atoms with Crippen LogP contribution in [0.1, 0.15) is 17.2 Å². The van der Waals surface area contributed by atoms with Crippen LogP contribution >= 0.6 is 11.6 Å². The lowest BCUT2D eigenvalue weighted by atomic mass is 10.0. The Hall–Kier alpha value is -0.770. The maximum Gasteiger partial charge on any atom is 0.0626 e. The third kappa shape index (κ3) is 2.18. The van der Waals surface area contributed by atoms with Gasteiger partial charge >= 0.3 is 0 Å². The molecule has 0 saturated heterocycles. The molecule has 0 bridgehead atoms. The quantitative estimate of drug-likeness (QED) is 0.669. The van der Waals surface area contributed by atoms with Gasteiger partial charge in [0.1, 0.15) is 0 Å². The van der Waals surface area contributed by atoms with Crippen molar-refractivity contribution in [2.75, 3.05) is 19.4 Å². The molecule has 1 aromatic rings. The van der Waals surface area contributed by atoms with Gasteiger partial charge in [0, 0.05) is 10.7 Å². The monoisotopic (exact) mass is 214 g/mol. The number of anilines is 1. The van der Waals surface area contributed by atoms with Crippen LogP contribution in [0.3, 0.4) is 0 Å². The lowest BCUT2D eigenvalue weighted by molar-refractivity contribution is 0.251. The summed E-state index contributed by atoms with van der Waals surface area (Å²) in [6, 6.07) is 3.48. The molecule has 0 aromatic heterocycles. The molecule has 0 aliphatic rings. The van der Waals surface area contributed by atoms with Gasteiger partial charge < -0.3 is 16.2 Å². The molecule has 0 radical (unpaired) electrons. The average Bonchev–Trinajstić information content (AvgIpc) is 2.15. The summed E-state index contributed by atoms with van der Waals surface area (Å²) in [7, 11) is 1.78. The molecule has 1 rings (SSSR count). The SMILES string of the molecule is CNC(CO)c1cc(C)c(N)cc1Cl. The minimum Gasteiger partial charge on any atom is -0.398 e. The van der Waals surface area contributed by atoms with Gasteiger partial charge in [-0.3, -0.25) is 0 Å². The fourth-order valence-electron chi connectivity index (χ4n) is 1.33. The molecule has 14 heavy (non-hydrogen) atoms. The number of halogens is 1. The number of aryl methyl sites for hydroxylation is 1. The van der Waals surface area contributed by atoms with Gasteiger partial charge in [0.2, 0.25) is 0 Å². The number of nitrogen functional groups attached to an aromatic ring is 1. The largest absolute Gasteiger partial charge is 0.398 e. The highest BCUT2D eigenvalue weighted by molar-refractivity contribution is 6.31. The summed E-state index contributed by atoms with van der Waals surface area (Å²) in [6.07, 6.45) is 0. The van der Waals surface area contributed by atoms with Crippen LogP contribution in [0, 0.1) is 6.92 Å². The fourth-order valence-corrected chi connectivity index (χ4v) is 1.64. The summed E-state index contributed by atoms with van der Waals surface area (Å²) in [4.78, 5) is 0. The van der Waals surface area contributed by atoms with Crippen LogP contribution < -0.4 is 11.1 Å². The van der Waals surface area contributed by atoms with E-state index in [0.29, 0.717) is 10.7 Å². The highest BCUT2D eigenvalue weighted by Gasteiger charge is 2.12. The summed E-state index contributed by atoms with van der Waals surface area (Å²) >= 11 is 6.02. The molecule has 0 heterocycles. The minimum atomic E-state index is -0.137. The van der Waals surface area contributed by atoms with Crippen LogP contribution in [0.4, 0.5) is 5.69 Å². The smallest absolute Gasteiger partial charge is 0.0626 e. The molecular weight excluding hydrogens is 200 g/mol. The van der Waals surface area contributed by atoms with E-state index in [1.807, 2.05) is 13.0 Å². The Bertz CT molecular complexity index is 324.